The molecule has 0 aliphatic heterocycles. The zero-order valence-corrected chi connectivity index (χ0v) is 25.1. The fourth-order valence-electron chi connectivity index (χ4n) is 4.19. The number of nitrogens with zero attached hydrogens (tertiary/aromatic N) is 1. The fraction of sp³-hybridized carbons (Fsp3) is 0.226. The first kappa shape index (κ1) is 31.2. The first-order valence-corrected chi connectivity index (χ1v) is 16.4. The van der Waals surface area contributed by atoms with Crippen LogP contribution in [-0.2, 0) is 44.4 Å². The Bertz CT molecular complexity index is 1330. The van der Waals surface area contributed by atoms with E-state index in [9.17, 15) is 8.42 Å². The van der Waals surface area contributed by atoms with Gasteiger partial charge in [-0.25, -0.2) is 8.42 Å². The van der Waals surface area contributed by atoms with Crippen molar-refractivity contribution in [2.24, 2.45) is 0 Å². The summed E-state index contributed by atoms with van der Waals surface area (Å²) < 4.78 is 36.9. The van der Waals surface area contributed by atoms with Crippen LogP contribution in [0.25, 0.3) is 4.72 Å². The van der Waals surface area contributed by atoms with E-state index in [1.807, 2.05) is 108 Å². The Labute approximate surface area is 246 Å². The van der Waals surface area contributed by atoms with E-state index in [0.717, 1.165) is 16.7 Å². The average Bonchev–Trinajstić information content (AvgIpc) is 2.97. The van der Waals surface area contributed by atoms with Crippen molar-refractivity contribution in [3.8, 4) is 0 Å². The van der Waals surface area contributed by atoms with Gasteiger partial charge in [-0.15, -0.1) is 0 Å². The summed E-state index contributed by atoms with van der Waals surface area (Å²) in [7, 11) is 0.813. The summed E-state index contributed by atoms with van der Waals surface area (Å²) in [4.78, 5) is 0. The Balaban J connectivity index is 0.00000205. The topological polar surface area (TPSA) is 69.5 Å². The van der Waals surface area contributed by atoms with Gasteiger partial charge in [-0.3, -0.25) is 0 Å². The van der Waals surface area contributed by atoms with E-state index in [0.29, 0.717) is 25.3 Å². The number of aryl methyl sites for hydroxylation is 1. The van der Waals surface area contributed by atoms with Gasteiger partial charge in [-0.1, -0.05) is 132 Å². The van der Waals surface area contributed by atoms with Crippen LogP contribution in [0.1, 0.15) is 39.9 Å². The normalized spacial score (nSPS) is 12.7. The van der Waals surface area contributed by atoms with Gasteiger partial charge in [-0.05, 0) is 23.6 Å². The monoisotopic (exact) mass is 650 g/mol. The number of sulfonamides is 1. The molecule has 0 spiro atoms. The van der Waals surface area contributed by atoms with Gasteiger partial charge in [0.1, 0.15) is 0 Å². The van der Waals surface area contributed by atoms with Crippen LogP contribution in [0.15, 0.2) is 115 Å². The minimum absolute atomic E-state index is 0.141. The molecule has 4 aromatic rings. The maximum absolute atomic E-state index is 13.3. The molecule has 0 amide bonds. The van der Waals surface area contributed by atoms with Gasteiger partial charge >= 0.3 is 27.0 Å². The maximum atomic E-state index is 13.3. The molecule has 2 unspecified atom stereocenters. The Morgan fingerprint density at radius 1 is 0.769 bits per heavy atom. The predicted molar refractivity (Wildman–Crippen MR) is 155 cm³/mol. The molecule has 4 rings (SSSR count). The molecule has 0 radical (unpaired) electrons. The number of ether oxygens (including phenoxy) is 1. The second kappa shape index (κ2) is 16.7. The molecule has 0 heterocycles. The van der Waals surface area contributed by atoms with Crippen molar-refractivity contribution in [1.29, 1.82) is 0 Å². The third-order valence-corrected chi connectivity index (χ3v) is 7.33. The minimum atomic E-state index is -3.76. The van der Waals surface area contributed by atoms with Gasteiger partial charge < -0.3 is 14.8 Å². The molecule has 0 saturated carbocycles. The van der Waals surface area contributed by atoms with Gasteiger partial charge in [0.25, 0.3) is 0 Å². The summed E-state index contributed by atoms with van der Waals surface area (Å²) in [5.41, 5.74) is 4.85. The summed E-state index contributed by atoms with van der Waals surface area (Å²) in [5.74, 6) is -0.141. The van der Waals surface area contributed by atoms with Crippen molar-refractivity contribution in [2.45, 2.75) is 31.4 Å². The van der Waals surface area contributed by atoms with E-state index in [-0.39, 0.29) is 11.8 Å². The van der Waals surface area contributed by atoms with Crippen LogP contribution < -0.4 is 5.32 Å². The molecule has 206 valence electrons. The molecule has 0 aromatic heterocycles. The molecule has 0 aliphatic carbocycles. The second-order valence-electron chi connectivity index (χ2n) is 9.05. The molecule has 4 aromatic carbocycles. The summed E-state index contributed by atoms with van der Waals surface area (Å²) in [5, 5.41) is 3.53. The Morgan fingerprint density at radius 2 is 1.31 bits per heavy atom. The van der Waals surface area contributed by atoms with Crippen LogP contribution in [0.2, 0.25) is 0 Å². The summed E-state index contributed by atoms with van der Waals surface area (Å²) >= 11 is 1.82. The molecule has 0 saturated heterocycles. The predicted octanol–water partition coefficient (Wildman–Crippen LogP) is 7.17. The quantitative estimate of drug-likeness (QED) is 0.123. The van der Waals surface area contributed by atoms with Crippen LogP contribution in [0.4, 0.5) is 0 Å². The molecule has 39 heavy (non-hydrogen) atoms. The van der Waals surface area contributed by atoms with Crippen molar-refractivity contribution in [2.75, 3.05) is 13.2 Å². The van der Waals surface area contributed by atoms with Crippen LogP contribution in [0.3, 0.4) is 0 Å². The molecule has 2 atom stereocenters. The molecule has 1 N–H and O–H groups in total. The van der Waals surface area contributed by atoms with Gasteiger partial charge in [0.2, 0.25) is 0 Å². The van der Waals surface area contributed by atoms with E-state index >= 15 is 0 Å². The van der Waals surface area contributed by atoms with E-state index in [4.69, 9.17) is 4.74 Å². The zero-order chi connectivity index (χ0) is 27.9. The van der Waals surface area contributed by atoms with Crippen LogP contribution in [-0.4, -0.2) is 21.6 Å². The number of nitrogens with one attached hydrogen (secondary N) is 1. The van der Waals surface area contributed by atoms with Crippen LogP contribution in [0, 0.1) is 6.92 Å². The summed E-state index contributed by atoms with van der Waals surface area (Å²) in [6.07, 6.45) is 0. The molecule has 0 bridgehead atoms. The molecule has 0 aliphatic rings. The van der Waals surface area contributed by atoms with Crippen molar-refractivity contribution < 1.29 is 30.5 Å². The summed E-state index contributed by atoms with van der Waals surface area (Å²) in [6.45, 7) is 3.61. The Hall–Kier alpha value is -2.38. The molecule has 0 fully saturated rings. The van der Waals surface area contributed by atoms with Crippen molar-refractivity contribution >= 4 is 19.7 Å². The van der Waals surface area contributed by atoms with E-state index in [1.165, 1.54) is 5.56 Å². The van der Waals surface area contributed by atoms with Crippen LogP contribution >= 0.6 is 9.69 Å². The third-order valence-electron chi connectivity index (χ3n) is 6.08. The first-order chi connectivity index (χ1) is 19.0. The number of benzene rings is 4. The van der Waals surface area contributed by atoms with Gasteiger partial charge in [0.05, 0.1) is 29.0 Å². The number of rotatable bonds is 13. The summed E-state index contributed by atoms with van der Waals surface area (Å²) in [6, 6.07) is 35.9. The Morgan fingerprint density at radius 3 is 1.90 bits per heavy atom. The molecule has 5 nitrogen and oxygen atoms in total. The number of hydrogen-bond donors (Lipinski definition) is 1. The van der Waals surface area contributed by atoms with E-state index < -0.39 is 16.1 Å². The van der Waals surface area contributed by atoms with Crippen molar-refractivity contribution in [1.82, 2.24) is 5.32 Å². The molecular weight excluding hydrogens is 617 g/mol. The van der Waals surface area contributed by atoms with E-state index in [1.54, 1.807) is 0 Å². The van der Waals surface area contributed by atoms with Gasteiger partial charge in [0.15, 0.2) is 0 Å². The fourth-order valence-corrected chi connectivity index (χ4v) is 5.47. The average molecular weight is 650 g/mol. The second-order valence-corrected chi connectivity index (χ2v) is 10.7. The SMILES string of the molecule is Cc1ccc(COCCNC(c2ccccc2)C([N-]S(=O)(=O)Cc2ccccc2)c2ccccc2)cc1.[Cl][Ru+]. The zero-order valence-electron chi connectivity index (χ0n) is 21.8. The third kappa shape index (κ3) is 10.6. The Kier molecular flexibility index (Phi) is 13.3. The van der Waals surface area contributed by atoms with E-state index in [2.05, 4.69) is 50.9 Å². The van der Waals surface area contributed by atoms with Gasteiger partial charge in [0, 0.05) is 12.6 Å². The van der Waals surface area contributed by atoms with Gasteiger partial charge in [-0.2, -0.15) is 0 Å². The molecular formula is C31H33ClN2O3RuS. The first-order valence-electron chi connectivity index (χ1n) is 12.6. The standard InChI is InChI=1S/C31H33N2O3S.ClH.Ru/c1-25-17-19-26(20-18-25)23-36-22-21-32-30(28-13-7-3-8-14-28)31(29-15-9-4-10-16-29)33-37(34,35)24-27-11-5-2-6-12-27;;/h2-20,30-32H,21-24H2,1H3;1H;/q-1;;+2/p-1. The molecule has 8 heteroatoms. The number of hydrogen-bond acceptors (Lipinski definition) is 4. The number of halogens is 1. The van der Waals surface area contributed by atoms with Crippen molar-refractivity contribution in [3.63, 3.8) is 0 Å². The van der Waals surface area contributed by atoms with Crippen molar-refractivity contribution in [3.05, 3.63) is 148 Å². The van der Waals surface area contributed by atoms with Crippen LogP contribution in [0.5, 0.6) is 0 Å².